The summed E-state index contributed by atoms with van der Waals surface area (Å²) in [5.41, 5.74) is 1.42. The van der Waals surface area contributed by atoms with Crippen LogP contribution < -0.4 is 5.32 Å². The van der Waals surface area contributed by atoms with Crippen LogP contribution in [0.5, 0.6) is 0 Å². The maximum atomic E-state index is 10.9. The molecule has 0 radical (unpaired) electrons. The normalized spacial score (nSPS) is 10.1. The van der Waals surface area contributed by atoms with Crippen molar-refractivity contribution in [1.82, 2.24) is 0 Å². The highest BCUT2D eigenvalue weighted by atomic mass is 16.5. The van der Waals surface area contributed by atoms with Gasteiger partial charge in [-0.25, -0.2) is 4.79 Å². The Morgan fingerprint density at radius 2 is 2.00 bits per heavy atom. The van der Waals surface area contributed by atoms with Crippen molar-refractivity contribution in [2.45, 2.75) is 6.92 Å². The first-order chi connectivity index (χ1) is 7.63. The first-order valence-electron chi connectivity index (χ1n) is 4.76. The number of hydrogen-bond donors (Lipinski definition) is 1. The molecule has 4 nitrogen and oxygen atoms in total. The minimum atomic E-state index is -0.433. The average molecular weight is 219 g/mol. The summed E-state index contributed by atoms with van der Waals surface area (Å²) >= 11 is 0. The average Bonchev–Trinajstić information content (AvgIpc) is 2.26. The van der Waals surface area contributed by atoms with Crippen molar-refractivity contribution in [3.8, 4) is 0 Å². The SMILES string of the molecule is COC(=O)C=Cc1ccccc1NC(C)=O. The number of esters is 1. The lowest BCUT2D eigenvalue weighted by atomic mass is 10.1. The molecule has 0 aromatic heterocycles. The van der Waals surface area contributed by atoms with Gasteiger partial charge in [-0.05, 0) is 17.7 Å². The summed E-state index contributed by atoms with van der Waals surface area (Å²) in [5.74, 6) is -0.587. The second kappa shape index (κ2) is 5.70. The van der Waals surface area contributed by atoms with E-state index in [1.807, 2.05) is 6.07 Å². The Hall–Kier alpha value is -2.10. The van der Waals surface area contributed by atoms with Gasteiger partial charge in [-0.3, -0.25) is 4.79 Å². The van der Waals surface area contributed by atoms with Gasteiger partial charge in [0, 0.05) is 18.7 Å². The third-order valence-electron chi connectivity index (χ3n) is 1.87. The van der Waals surface area contributed by atoms with Crippen LogP contribution in [-0.2, 0) is 14.3 Å². The second-order valence-electron chi connectivity index (χ2n) is 3.12. The van der Waals surface area contributed by atoms with E-state index in [2.05, 4.69) is 10.1 Å². The lowest BCUT2D eigenvalue weighted by Crippen LogP contribution is -2.06. The molecule has 0 fully saturated rings. The van der Waals surface area contributed by atoms with Crippen LogP contribution in [0.15, 0.2) is 30.3 Å². The van der Waals surface area contributed by atoms with Crippen LogP contribution in [-0.4, -0.2) is 19.0 Å². The molecule has 0 unspecified atom stereocenters. The van der Waals surface area contributed by atoms with Gasteiger partial charge in [0.25, 0.3) is 0 Å². The van der Waals surface area contributed by atoms with Crippen molar-refractivity contribution in [3.63, 3.8) is 0 Å². The van der Waals surface area contributed by atoms with Gasteiger partial charge in [0.05, 0.1) is 7.11 Å². The molecule has 0 aliphatic heterocycles. The summed E-state index contributed by atoms with van der Waals surface area (Å²) in [6, 6.07) is 7.19. The van der Waals surface area contributed by atoms with E-state index in [1.54, 1.807) is 24.3 Å². The third-order valence-corrected chi connectivity index (χ3v) is 1.87. The Labute approximate surface area is 93.9 Å². The number of anilines is 1. The van der Waals surface area contributed by atoms with Crippen molar-refractivity contribution < 1.29 is 14.3 Å². The summed E-state index contributed by atoms with van der Waals surface area (Å²) in [4.78, 5) is 21.9. The number of amides is 1. The van der Waals surface area contributed by atoms with Gasteiger partial charge in [-0.1, -0.05) is 18.2 Å². The standard InChI is InChI=1S/C12H13NO3/c1-9(14)13-11-6-4-3-5-10(11)7-8-12(15)16-2/h3-8H,1-2H3,(H,13,14). The smallest absolute Gasteiger partial charge is 0.330 e. The molecule has 1 rings (SSSR count). The molecule has 16 heavy (non-hydrogen) atoms. The zero-order chi connectivity index (χ0) is 12.0. The molecular weight excluding hydrogens is 206 g/mol. The number of methoxy groups -OCH3 is 1. The molecule has 0 heterocycles. The molecule has 4 heteroatoms. The van der Waals surface area contributed by atoms with Gasteiger partial charge in [0.2, 0.25) is 5.91 Å². The molecule has 1 aromatic rings. The molecule has 0 bridgehead atoms. The van der Waals surface area contributed by atoms with E-state index in [-0.39, 0.29) is 5.91 Å². The van der Waals surface area contributed by atoms with E-state index in [0.29, 0.717) is 5.69 Å². The van der Waals surface area contributed by atoms with Crippen molar-refractivity contribution in [3.05, 3.63) is 35.9 Å². The molecule has 1 aromatic carbocycles. The Bertz CT molecular complexity index is 424. The molecular formula is C12H13NO3. The van der Waals surface area contributed by atoms with E-state index in [4.69, 9.17) is 0 Å². The monoisotopic (exact) mass is 219 g/mol. The zero-order valence-electron chi connectivity index (χ0n) is 9.19. The molecule has 0 saturated carbocycles. The summed E-state index contributed by atoms with van der Waals surface area (Å²) in [6.45, 7) is 1.43. The fourth-order valence-electron chi connectivity index (χ4n) is 1.17. The topological polar surface area (TPSA) is 55.4 Å². The van der Waals surface area contributed by atoms with Crippen molar-refractivity contribution >= 4 is 23.6 Å². The molecule has 0 saturated heterocycles. The number of hydrogen-bond acceptors (Lipinski definition) is 3. The zero-order valence-corrected chi connectivity index (χ0v) is 9.19. The highest BCUT2D eigenvalue weighted by Gasteiger charge is 2.00. The maximum absolute atomic E-state index is 10.9. The summed E-state index contributed by atoms with van der Waals surface area (Å²) in [7, 11) is 1.31. The Morgan fingerprint density at radius 3 is 2.62 bits per heavy atom. The summed E-state index contributed by atoms with van der Waals surface area (Å²) in [5, 5.41) is 2.67. The van der Waals surface area contributed by atoms with Crippen LogP contribution in [0.2, 0.25) is 0 Å². The van der Waals surface area contributed by atoms with Crippen molar-refractivity contribution in [2.75, 3.05) is 12.4 Å². The molecule has 84 valence electrons. The van der Waals surface area contributed by atoms with E-state index < -0.39 is 5.97 Å². The fourth-order valence-corrected chi connectivity index (χ4v) is 1.17. The van der Waals surface area contributed by atoms with E-state index >= 15 is 0 Å². The van der Waals surface area contributed by atoms with Gasteiger partial charge < -0.3 is 10.1 Å². The van der Waals surface area contributed by atoms with Gasteiger partial charge in [0.1, 0.15) is 0 Å². The minimum absolute atomic E-state index is 0.154. The number of nitrogens with one attached hydrogen (secondary N) is 1. The third kappa shape index (κ3) is 3.57. The first-order valence-corrected chi connectivity index (χ1v) is 4.76. The molecule has 0 aliphatic rings. The minimum Gasteiger partial charge on any atom is -0.466 e. The van der Waals surface area contributed by atoms with Gasteiger partial charge in [0.15, 0.2) is 0 Å². The lowest BCUT2D eigenvalue weighted by Gasteiger charge is -2.05. The van der Waals surface area contributed by atoms with Crippen LogP contribution in [0.25, 0.3) is 6.08 Å². The summed E-state index contributed by atoms with van der Waals surface area (Å²) < 4.78 is 4.48. The maximum Gasteiger partial charge on any atom is 0.330 e. The molecule has 0 atom stereocenters. The number of para-hydroxylation sites is 1. The number of carbonyl (C=O) groups is 2. The predicted octanol–water partition coefficient (Wildman–Crippen LogP) is 1.83. The van der Waals surface area contributed by atoms with Crippen molar-refractivity contribution in [1.29, 1.82) is 0 Å². The molecule has 0 spiro atoms. The number of rotatable bonds is 3. The highest BCUT2D eigenvalue weighted by Crippen LogP contribution is 2.16. The molecule has 0 aliphatic carbocycles. The Morgan fingerprint density at radius 1 is 1.31 bits per heavy atom. The number of carbonyl (C=O) groups excluding carboxylic acids is 2. The van der Waals surface area contributed by atoms with Crippen LogP contribution >= 0.6 is 0 Å². The number of ether oxygens (including phenoxy) is 1. The van der Waals surface area contributed by atoms with Gasteiger partial charge >= 0.3 is 5.97 Å². The fraction of sp³-hybridized carbons (Fsp3) is 0.167. The van der Waals surface area contributed by atoms with Crippen LogP contribution in [0.3, 0.4) is 0 Å². The highest BCUT2D eigenvalue weighted by molar-refractivity contribution is 5.93. The van der Waals surface area contributed by atoms with Crippen LogP contribution in [0.1, 0.15) is 12.5 Å². The Balaban J connectivity index is 2.90. The first kappa shape index (κ1) is 12.0. The Kier molecular flexibility index (Phi) is 4.27. The quantitative estimate of drug-likeness (QED) is 0.623. The second-order valence-corrected chi connectivity index (χ2v) is 3.12. The predicted molar refractivity (Wildman–Crippen MR) is 61.8 cm³/mol. The van der Waals surface area contributed by atoms with E-state index in [9.17, 15) is 9.59 Å². The number of benzene rings is 1. The van der Waals surface area contributed by atoms with Gasteiger partial charge in [-0.15, -0.1) is 0 Å². The molecule has 1 N–H and O–H groups in total. The summed E-state index contributed by atoms with van der Waals surface area (Å²) in [6.07, 6.45) is 2.90. The lowest BCUT2D eigenvalue weighted by molar-refractivity contribution is -0.134. The van der Waals surface area contributed by atoms with Crippen molar-refractivity contribution in [2.24, 2.45) is 0 Å². The van der Waals surface area contributed by atoms with E-state index in [1.165, 1.54) is 20.1 Å². The van der Waals surface area contributed by atoms with Crippen LogP contribution in [0, 0.1) is 0 Å². The van der Waals surface area contributed by atoms with E-state index in [0.717, 1.165) is 5.56 Å². The van der Waals surface area contributed by atoms with Crippen LogP contribution in [0.4, 0.5) is 5.69 Å². The largest absolute Gasteiger partial charge is 0.466 e. The van der Waals surface area contributed by atoms with Gasteiger partial charge in [-0.2, -0.15) is 0 Å². The molecule has 1 amide bonds.